The summed E-state index contributed by atoms with van der Waals surface area (Å²) in [5.41, 5.74) is 0. The molecule has 4 aliphatic rings. The third kappa shape index (κ3) is 1.22. The summed E-state index contributed by atoms with van der Waals surface area (Å²) in [6.07, 6.45) is 9.91. The standard InChI is InChI=1S/C12H15NO2/c1-15-12(14)13-11-6-7-2-3-10(11)9-5-4-8(7)9/h2-5,7-11H,6H2,1H3,(H,13,14)/t7-,8+,9-,10+,11-/m0/s1. The molecule has 0 radical (unpaired) electrons. The van der Waals surface area contributed by atoms with Crippen LogP contribution in [0.2, 0.25) is 0 Å². The first-order valence-electron chi connectivity index (χ1n) is 5.51. The number of rotatable bonds is 1. The fourth-order valence-corrected chi connectivity index (χ4v) is 3.16. The van der Waals surface area contributed by atoms with Gasteiger partial charge in [-0.25, -0.2) is 4.79 Å². The van der Waals surface area contributed by atoms with Gasteiger partial charge in [-0.15, -0.1) is 0 Å². The maximum atomic E-state index is 11.2. The first-order chi connectivity index (χ1) is 7.29. The molecule has 1 saturated carbocycles. The highest BCUT2D eigenvalue weighted by molar-refractivity contribution is 5.67. The Bertz CT molecular complexity index is 348. The van der Waals surface area contributed by atoms with Gasteiger partial charge in [-0.3, -0.25) is 0 Å². The molecule has 0 spiro atoms. The van der Waals surface area contributed by atoms with Crippen LogP contribution in [0.3, 0.4) is 0 Å². The Balaban J connectivity index is 1.76. The average Bonchev–Trinajstić information content (AvgIpc) is 2.18. The molecule has 5 atom stereocenters. The molecule has 15 heavy (non-hydrogen) atoms. The second kappa shape index (κ2) is 3.12. The summed E-state index contributed by atoms with van der Waals surface area (Å²) in [4.78, 5) is 11.2. The van der Waals surface area contributed by atoms with Gasteiger partial charge in [0, 0.05) is 12.0 Å². The van der Waals surface area contributed by atoms with E-state index in [1.54, 1.807) is 0 Å². The Labute approximate surface area is 89.2 Å². The molecule has 0 saturated heterocycles. The highest BCUT2D eigenvalue weighted by Gasteiger charge is 2.47. The molecule has 0 aromatic carbocycles. The van der Waals surface area contributed by atoms with Crippen LogP contribution in [0.25, 0.3) is 0 Å². The minimum Gasteiger partial charge on any atom is -0.453 e. The summed E-state index contributed by atoms with van der Waals surface area (Å²) in [5.74, 6) is 2.47. The van der Waals surface area contributed by atoms with Gasteiger partial charge in [-0.1, -0.05) is 24.3 Å². The number of carbonyl (C=O) groups is 1. The van der Waals surface area contributed by atoms with E-state index in [0.29, 0.717) is 17.8 Å². The zero-order valence-electron chi connectivity index (χ0n) is 8.72. The molecular formula is C12H15NO2. The zero-order valence-corrected chi connectivity index (χ0v) is 8.72. The van der Waals surface area contributed by atoms with Crippen molar-refractivity contribution < 1.29 is 9.53 Å². The Morgan fingerprint density at radius 3 is 2.53 bits per heavy atom. The van der Waals surface area contributed by atoms with Gasteiger partial charge in [0.1, 0.15) is 0 Å². The van der Waals surface area contributed by atoms with Crippen molar-refractivity contribution in [1.82, 2.24) is 5.32 Å². The lowest BCUT2D eigenvalue weighted by atomic mass is 9.56. The van der Waals surface area contributed by atoms with Gasteiger partial charge in [-0.05, 0) is 24.2 Å². The zero-order chi connectivity index (χ0) is 10.4. The number of amides is 1. The maximum absolute atomic E-state index is 11.2. The van der Waals surface area contributed by atoms with E-state index in [0.717, 1.165) is 12.3 Å². The lowest BCUT2D eigenvalue weighted by Gasteiger charge is -2.51. The van der Waals surface area contributed by atoms with Crippen molar-refractivity contribution in [2.45, 2.75) is 12.5 Å². The second-order valence-corrected chi connectivity index (χ2v) is 4.64. The van der Waals surface area contributed by atoms with Crippen molar-refractivity contribution in [3.05, 3.63) is 24.3 Å². The van der Waals surface area contributed by atoms with Gasteiger partial charge >= 0.3 is 6.09 Å². The molecule has 0 aromatic rings. The van der Waals surface area contributed by atoms with Crippen molar-refractivity contribution in [3.63, 3.8) is 0 Å². The van der Waals surface area contributed by atoms with Crippen molar-refractivity contribution >= 4 is 6.09 Å². The third-order valence-electron chi connectivity index (χ3n) is 4.00. The van der Waals surface area contributed by atoms with E-state index in [1.807, 2.05) is 0 Å². The molecule has 0 aromatic heterocycles. The smallest absolute Gasteiger partial charge is 0.407 e. The van der Waals surface area contributed by atoms with Crippen LogP contribution in [-0.2, 0) is 4.74 Å². The van der Waals surface area contributed by atoms with E-state index >= 15 is 0 Å². The Hall–Kier alpha value is -1.25. The molecule has 0 heterocycles. The molecule has 2 bridgehead atoms. The number of carbonyl (C=O) groups excluding carboxylic acids is 1. The molecule has 3 nitrogen and oxygen atoms in total. The van der Waals surface area contributed by atoms with Crippen molar-refractivity contribution in [1.29, 1.82) is 0 Å². The molecule has 1 fully saturated rings. The van der Waals surface area contributed by atoms with Crippen LogP contribution in [0.5, 0.6) is 0 Å². The summed E-state index contributed by atoms with van der Waals surface area (Å²) in [5, 5.41) is 2.94. The molecule has 3 heteroatoms. The van der Waals surface area contributed by atoms with E-state index in [4.69, 9.17) is 0 Å². The monoisotopic (exact) mass is 205 g/mol. The predicted molar refractivity (Wildman–Crippen MR) is 56.2 cm³/mol. The molecule has 1 N–H and O–H groups in total. The topological polar surface area (TPSA) is 38.3 Å². The molecule has 4 aliphatic carbocycles. The second-order valence-electron chi connectivity index (χ2n) is 4.64. The molecule has 80 valence electrons. The van der Waals surface area contributed by atoms with Crippen molar-refractivity contribution in [3.8, 4) is 0 Å². The van der Waals surface area contributed by atoms with Gasteiger partial charge in [-0.2, -0.15) is 0 Å². The minimum atomic E-state index is -0.305. The minimum absolute atomic E-state index is 0.263. The molecule has 1 amide bonds. The molecule has 0 aliphatic heterocycles. The van der Waals surface area contributed by atoms with Crippen LogP contribution < -0.4 is 5.32 Å². The van der Waals surface area contributed by atoms with E-state index < -0.39 is 0 Å². The number of hydrogen-bond donors (Lipinski definition) is 1. The van der Waals surface area contributed by atoms with E-state index in [2.05, 4.69) is 34.4 Å². The Morgan fingerprint density at radius 2 is 1.93 bits per heavy atom. The summed E-state index contributed by atoms with van der Waals surface area (Å²) >= 11 is 0. The normalized spacial score (nSPS) is 44.5. The van der Waals surface area contributed by atoms with E-state index in [-0.39, 0.29) is 12.1 Å². The Morgan fingerprint density at radius 1 is 1.20 bits per heavy atom. The number of ether oxygens (including phenoxy) is 1. The fourth-order valence-electron chi connectivity index (χ4n) is 3.16. The summed E-state index contributed by atoms with van der Waals surface area (Å²) < 4.78 is 4.65. The highest BCUT2D eigenvalue weighted by atomic mass is 16.5. The van der Waals surface area contributed by atoms with Crippen molar-refractivity contribution in [2.24, 2.45) is 23.7 Å². The van der Waals surface area contributed by atoms with Gasteiger partial charge in [0.25, 0.3) is 0 Å². The third-order valence-corrected chi connectivity index (χ3v) is 4.00. The number of alkyl carbamates (subject to hydrolysis) is 1. The van der Waals surface area contributed by atoms with E-state index in [1.165, 1.54) is 7.11 Å². The lowest BCUT2D eigenvalue weighted by Crippen LogP contribution is -2.53. The molecule has 4 rings (SSSR count). The first-order valence-corrected chi connectivity index (χ1v) is 5.51. The van der Waals surface area contributed by atoms with Crippen LogP contribution in [0.15, 0.2) is 24.3 Å². The van der Waals surface area contributed by atoms with Gasteiger partial charge in [0.15, 0.2) is 0 Å². The largest absolute Gasteiger partial charge is 0.453 e. The summed E-state index contributed by atoms with van der Waals surface area (Å²) in [7, 11) is 1.41. The predicted octanol–water partition coefficient (Wildman–Crippen LogP) is 1.72. The summed E-state index contributed by atoms with van der Waals surface area (Å²) in [6.45, 7) is 0. The number of fused-ring (bicyclic) bond motifs is 1. The van der Waals surface area contributed by atoms with Crippen LogP contribution in [-0.4, -0.2) is 19.2 Å². The van der Waals surface area contributed by atoms with Crippen LogP contribution >= 0.6 is 0 Å². The van der Waals surface area contributed by atoms with Crippen LogP contribution in [0.4, 0.5) is 4.79 Å². The average molecular weight is 205 g/mol. The molecular weight excluding hydrogens is 190 g/mol. The molecule has 0 unspecified atom stereocenters. The van der Waals surface area contributed by atoms with Gasteiger partial charge < -0.3 is 10.1 Å². The number of methoxy groups -OCH3 is 1. The Kier molecular flexibility index (Phi) is 1.87. The van der Waals surface area contributed by atoms with E-state index in [9.17, 15) is 4.79 Å². The number of nitrogens with one attached hydrogen (secondary N) is 1. The van der Waals surface area contributed by atoms with Crippen molar-refractivity contribution in [2.75, 3.05) is 7.11 Å². The van der Waals surface area contributed by atoms with Crippen LogP contribution in [0.1, 0.15) is 6.42 Å². The fraction of sp³-hybridized carbons (Fsp3) is 0.583. The lowest BCUT2D eigenvalue weighted by molar-refractivity contribution is 0.113. The van der Waals surface area contributed by atoms with Gasteiger partial charge in [0.2, 0.25) is 0 Å². The van der Waals surface area contributed by atoms with Gasteiger partial charge in [0.05, 0.1) is 7.11 Å². The van der Waals surface area contributed by atoms with Crippen LogP contribution in [0, 0.1) is 23.7 Å². The first kappa shape index (κ1) is 9.01. The number of allylic oxidation sites excluding steroid dienone is 3. The summed E-state index contributed by atoms with van der Waals surface area (Å²) in [6, 6.07) is 0.263. The SMILES string of the molecule is COC(=O)N[C@H]1C[C@@H]2C=C[C@@H]1[C@H]1C=C[C@@H]12. The highest BCUT2D eigenvalue weighted by Crippen LogP contribution is 2.50. The quantitative estimate of drug-likeness (QED) is 0.662. The maximum Gasteiger partial charge on any atom is 0.407 e. The number of hydrogen-bond acceptors (Lipinski definition) is 2.